The maximum Gasteiger partial charge on any atom is 0.408 e. The molecule has 0 radical (unpaired) electrons. The average Bonchev–Trinajstić information content (AvgIpc) is 2.68. The molecule has 0 aromatic rings. The summed E-state index contributed by atoms with van der Waals surface area (Å²) in [6, 6.07) is -1.46. The van der Waals surface area contributed by atoms with E-state index in [9.17, 15) is 14.4 Å². The Labute approximate surface area is 190 Å². The van der Waals surface area contributed by atoms with Crippen LogP contribution in [0, 0.1) is 5.92 Å². The maximum absolute atomic E-state index is 12.9. The largest absolute Gasteiger partial charge is 0.444 e. The van der Waals surface area contributed by atoms with E-state index in [4.69, 9.17) is 9.47 Å². The molecule has 0 spiro atoms. The van der Waals surface area contributed by atoms with Crippen molar-refractivity contribution in [3.05, 3.63) is 0 Å². The van der Waals surface area contributed by atoms with Crippen molar-refractivity contribution in [2.24, 2.45) is 5.92 Å². The summed E-state index contributed by atoms with van der Waals surface area (Å²) in [5.41, 5.74) is -0.663. The normalized spacial score (nSPS) is 17.0. The first kappa shape index (κ1) is 27.5. The highest BCUT2D eigenvalue weighted by Crippen LogP contribution is 2.10. The van der Waals surface area contributed by atoms with E-state index in [0.717, 1.165) is 25.4 Å². The van der Waals surface area contributed by atoms with Gasteiger partial charge in [-0.15, -0.1) is 0 Å². The number of amides is 3. The Morgan fingerprint density at radius 2 is 1.74 bits per heavy atom. The first-order valence-electron chi connectivity index (χ1n) is 10.9. The van der Waals surface area contributed by atoms with Crippen LogP contribution in [-0.2, 0) is 19.1 Å². The summed E-state index contributed by atoms with van der Waals surface area (Å²) in [7, 11) is 0. The highest BCUT2D eigenvalue weighted by molar-refractivity contribution is 7.98. The molecule has 1 rings (SSSR count). The van der Waals surface area contributed by atoms with Crippen molar-refractivity contribution in [3.8, 4) is 0 Å². The molecule has 3 amide bonds. The van der Waals surface area contributed by atoms with Crippen molar-refractivity contribution in [3.63, 3.8) is 0 Å². The van der Waals surface area contributed by atoms with Crippen LogP contribution in [0.25, 0.3) is 0 Å². The maximum atomic E-state index is 12.9. The van der Waals surface area contributed by atoms with Gasteiger partial charge in [0.2, 0.25) is 11.8 Å². The minimum absolute atomic E-state index is 0.168. The molecule has 31 heavy (non-hydrogen) atoms. The van der Waals surface area contributed by atoms with Crippen LogP contribution < -0.4 is 16.0 Å². The number of morpholine rings is 1. The van der Waals surface area contributed by atoms with E-state index in [-0.39, 0.29) is 11.8 Å². The molecule has 9 nitrogen and oxygen atoms in total. The predicted octanol–water partition coefficient (Wildman–Crippen LogP) is 1.22. The molecule has 0 aromatic carbocycles. The van der Waals surface area contributed by atoms with Crippen molar-refractivity contribution < 1.29 is 23.9 Å². The van der Waals surface area contributed by atoms with E-state index in [1.165, 1.54) is 0 Å². The lowest BCUT2D eigenvalue weighted by atomic mass is 10.0. The molecule has 3 N–H and O–H groups in total. The number of alkyl carbamates (subject to hydrolysis) is 1. The smallest absolute Gasteiger partial charge is 0.408 e. The van der Waals surface area contributed by atoms with Crippen LogP contribution in [0.1, 0.15) is 41.0 Å². The van der Waals surface area contributed by atoms with Gasteiger partial charge in [0.1, 0.15) is 17.7 Å². The van der Waals surface area contributed by atoms with E-state index < -0.39 is 29.7 Å². The zero-order chi connectivity index (χ0) is 23.4. The molecular weight excluding hydrogens is 420 g/mol. The molecule has 1 aliphatic heterocycles. The van der Waals surface area contributed by atoms with Crippen LogP contribution >= 0.6 is 11.8 Å². The van der Waals surface area contributed by atoms with E-state index in [2.05, 4.69) is 20.9 Å². The Balaban J connectivity index is 2.65. The van der Waals surface area contributed by atoms with Crippen molar-refractivity contribution in [1.29, 1.82) is 0 Å². The van der Waals surface area contributed by atoms with Crippen LogP contribution in [0.2, 0.25) is 0 Å². The van der Waals surface area contributed by atoms with Gasteiger partial charge in [-0.05, 0) is 45.1 Å². The Kier molecular flexibility index (Phi) is 12.2. The van der Waals surface area contributed by atoms with Gasteiger partial charge in [0, 0.05) is 26.2 Å². The molecule has 0 unspecified atom stereocenters. The zero-order valence-electron chi connectivity index (χ0n) is 19.8. The topological polar surface area (TPSA) is 109 Å². The number of ether oxygens (including phenoxy) is 2. The van der Waals surface area contributed by atoms with Gasteiger partial charge in [0.25, 0.3) is 0 Å². The van der Waals surface area contributed by atoms with Crippen LogP contribution in [-0.4, -0.2) is 91.9 Å². The fourth-order valence-corrected chi connectivity index (χ4v) is 3.49. The highest BCUT2D eigenvalue weighted by Gasteiger charge is 2.30. The molecule has 2 atom stereocenters. The van der Waals surface area contributed by atoms with Gasteiger partial charge in [-0.1, -0.05) is 13.8 Å². The van der Waals surface area contributed by atoms with Gasteiger partial charge in [0.05, 0.1) is 13.2 Å². The second-order valence-electron chi connectivity index (χ2n) is 8.96. The van der Waals surface area contributed by atoms with Gasteiger partial charge in [-0.25, -0.2) is 4.79 Å². The highest BCUT2D eigenvalue weighted by atomic mass is 32.2. The Morgan fingerprint density at radius 1 is 1.10 bits per heavy atom. The van der Waals surface area contributed by atoms with Crippen molar-refractivity contribution in [2.45, 2.75) is 58.7 Å². The molecule has 1 saturated heterocycles. The van der Waals surface area contributed by atoms with E-state index in [0.29, 0.717) is 26.2 Å². The lowest BCUT2D eigenvalue weighted by Crippen LogP contribution is -2.56. The van der Waals surface area contributed by atoms with Crippen LogP contribution in [0.15, 0.2) is 0 Å². The first-order valence-corrected chi connectivity index (χ1v) is 12.3. The van der Waals surface area contributed by atoms with Crippen LogP contribution in [0.3, 0.4) is 0 Å². The minimum Gasteiger partial charge on any atom is -0.444 e. The van der Waals surface area contributed by atoms with E-state index in [1.807, 2.05) is 20.1 Å². The second kappa shape index (κ2) is 13.8. The Hall–Kier alpha value is -1.52. The number of rotatable bonds is 11. The molecule has 1 fully saturated rings. The number of hydrogen-bond acceptors (Lipinski definition) is 7. The monoisotopic (exact) mass is 460 g/mol. The van der Waals surface area contributed by atoms with Crippen LogP contribution in [0.5, 0.6) is 0 Å². The molecule has 0 aliphatic carbocycles. The second-order valence-corrected chi connectivity index (χ2v) is 9.94. The summed E-state index contributed by atoms with van der Waals surface area (Å²) in [4.78, 5) is 40.0. The summed E-state index contributed by atoms with van der Waals surface area (Å²) in [6.45, 7) is 13.3. The fraction of sp³-hybridized carbons (Fsp3) is 0.857. The molecule has 0 saturated carbocycles. The summed E-state index contributed by atoms with van der Waals surface area (Å²) >= 11 is 1.61. The predicted molar refractivity (Wildman–Crippen MR) is 123 cm³/mol. The Morgan fingerprint density at radius 3 is 2.29 bits per heavy atom. The van der Waals surface area contributed by atoms with E-state index >= 15 is 0 Å². The van der Waals surface area contributed by atoms with Crippen LogP contribution in [0.4, 0.5) is 4.79 Å². The minimum atomic E-state index is -0.798. The number of thioether (sulfide) groups is 1. The molecule has 0 bridgehead atoms. The number of hydrogen-bond donors (Lipinski definition) is 3. The molecule has 1 aliphatic rings. The molecule has 1 heterocycles. The summed E-state index contributed by atoms with van der Waals surface area (Å²) in [6.07, 6.45) is 1.81. The van der Waals surface area contributed by atoms with Gasteiger partial charge in [0.15, 0.2) is 0 Å². The van der Waals surface area contributed by atoms with E-state index in [1.54, 1.807) is 32.5 Å². The SMILES string of the molecule is CSCC[C@H](NC(=O)[C@@H](NC(=O)OC(C)(C)C)C(C)C)C(=O)NCCN1CCOCC1. The molecule has 180 valence electrons. The summed E-state index contributed by atoms with van der Waals surface area (Å²) in [5.74, 6) is -0.0444. The van der Waals surface area contributed by atoms with Gasteiger partial charge >= 0.3 is 6.09 Å². The number of carbonyl (C=O) groups is 3. The number of carbonyl (C=O) groups excluding carboxylic acids is 3. The lowest BCUT2D eigenvalue weighted by Gasteiger charge is -2.28. The van der Waals surface area contributed by atoms with Crippen molar-refractivity contribution in [2.75, 3.05) is 51.4 Å². The van der Waals surface area contributed by atoms with Gasteiger partial charge in [-0.3, -0.25) is 14.5 Å². The Bertz CT molecular complexity index is 577. The van der Waals surface area contributed by atoms with Crippen molar-refractivity contribution >= 4 is 29.7 Å². The standard InChI is InChI=1S/C21H40N4O5S/c1-15(2)17(24-20(28)30-21(3,4)5)19(27)23-16(7-14-31-6)18(26)22-8-9-25-10-12-29-13-11-25/h15-17H,7-14H2,1-6H3,(H,22,26)(H,23,27)(H,24,28)/t16-,17-/m0/s1. The van der Waals surface area contributed by atoms with Gasteiger partial charge < -0.3 is 25.4 Å². The third-order valence-corrected chi connectivity index (χ3v) is 5.34. The van der Waals surface area contributed by atoms with Gasteiger partial charge in [-0.2, -0.15) is 11.8 Å². The molecule has 10 heteroatoms. The molecule has 0 aromatic heterocycles. The third kappa shape index (κ3) is 11.6. The lowest BCUT2D eigenvalue weighted by molar-refractivity contribution is -0.130. The zero-order valence-corrected chi connectivity index (χ0v) is 20.6. The first-order chi connectivity index (χ1) is 14.5. The van der Waals surface area contributed by atoms with Crippen molar-refractivity contribution in [1.82, 2.24) is 20.9 Å². The average molecular weight is 461 g/mol. The quantitative estimate of drug-likeness (QED) is 0.425. The number of nitrogens with zero attached hydrogens (tertiary/aromatic N) is 1. The summed E-state index contributed by atoms with van der Waals surface area (Å²) < 4.78 is 10.6. The summed E-state index contributed by atoms with van der Waals surface area (Å²) in [5, 5.41) is 8.38. The molecular formula is C21H40N4O5S. The third-order valence-electron chi connectivity index (χ3n) is 4.70. The fourth-order valence-electron chi connectivity index (χ4n) is 3.02. The number of nitrogens with one attached hydrogen (secondary N) is 3.